The molecule has 0 spiro atoms. The van der Waals surface area contributed by atoms with Crippen LogP contribution < -0.4 is 5.73 Å². The molecule has 1 unspecified atom stereocenters. The zero-order valence-electron chi connectivity index (χ0n) is 12.2. The maximum atomic E-state index is 13.2. The van der Waals surface area contributed by atoms with Gasteiger partial charge in [0.15, 0.2) is 11.6 Å². The summed E-state index contributed by atoms with van der Waals surface area (Å²) >= 11 is 0. The molecule has 0 fully saturated rings. The molecular weight excluding hydrogens is 262 g/mol. The van der Waals surface area contributed by atoms with Crippen LogP contribution in [-0.2, 0) is 4.79 Å². The Morgan fingerprint density at radius 3 is 2.55 bits per heavy atom. The standard InChI is InChI=1S/C15H22F2N2O/c1-4-5-6-14(18)15(20)19(3)10(2)11-7-8-12(16)13(17)9-11/h7-10,14H,4-6,18H2,1-3H3/t10?,14-/m0/s1. The van der Waals surface area contributed by atoms with Crippen LogP contribution in [-0.4, -0.2) is 23.9 Å². The average molecular weight is 284 g/mol. The molecule has 0 aliphatic rings. The van der Waals surface area contributed by atoms with E-state index in [1.165, 1.54) is 11.0 Å². The maximum absolute atomic E-state index is 13.2. The van der Waals surface area contributed by atoms with Gasteiger partial charge in [0.2, 0.25) is 5.91 Å². The van der Waals surface area contributed by atoms with E-state index in [2.05, 4.69) is 0 Å². The molecule has 5 heteroatoms. The molecule has 1 aromatic rings. The third-order valence-corrected chi connectivity index (χ3v) is 3.54. The predicted molar refractivity (Wildman–Crippen MR) is 75.0 cm³/mol. The summed E-state index contributed by atoms with van der Waals surface area (Å²) in [5.41, 5.74) is 6.39. The van der Waals surface area contributed by atoms with E-state index in [1.54, 1.807) is 14.0 Å². The van der Waals surface area contributed by atoms with Gasteiger partial charge in [0, 0.05) is 7.05 Å². The van der Waals surface area contributed by atoms with Crippen LogP contribution in [0, 0.1) is 11.6 Å². The van der Waals surface area contributed by atoms with Gasteiger partial charge in [-0.25, -0.2) is 8.78 Å². The topological polar surface area (TPSA) is 46.3 Å². The first-order valence-corrected chi connectivity index (χ1v) is 6.85. The lowest BCUT2D eigenvalue weighted by atomic mass is 10.0. The van der Waals surface area contributed by atoms with Gasteiger partial charge in [0.25, 0.3) is 0 Å². The number of hydrogen-bond acceptors (Lipinski definition) is 2. The molecule has 20 heavy (non-hydrogen) atoms. The number of benzene rings is 1. The van der Waals surface area contributed by atoms with Crippen LogP contribution in [0.2, 0.25) is 0 Å². The van der Waals surface area contributed by atoms with Crippen LogP contribution in [0.5, 0.6) is 0 Å². The van der Waals surface area contributed by atoms with Crippen molar-refractivity contribution >= 4 is 5.91 Å². The summed E-state index contributed by atoms with van der Waals surface area (Å²) in [6, 6.07) is 2.75. The monoisotopic (exact) mass is 284 g/mol. The van der Waals surface area contributed by atoms with Crippen molar-refractivity contribution in [3.63, 3.8) is 0 Å². The fourth-order valence-electron chi connectivity index (χ4n) is 2.00. The highest BCUT2D eigenvalue weighted by atomic mass is 19.2. The molecule has 0 bridgehead atoms. The number of hydrogen-bond donors (Lipinski definition) is 1. The molecule has 1 rings (SSSR count). The summed E-state index contributed by atoms with van der Waals surface area (Å²) in [5.74, 6) is -1.99. The molecule has 1 amide bonds. The van der Waals surface area contributed by atoms with Crippen molar-refractivity contribution in [2.24, 2.45) is 5.73 Å². The molecule has 2 atom stereocenters. The molecule has 3 nitrogen and oxygen atoms in total. The summed E-state index contributed by atoms with van der Waals surface area (Å²) in [6.07, 6.45) is 2.49. The molecule has 0 saturated heterocycles. The van der Waals surface area contributed by atoms with Gasteiger partial charge in [-0.2, -0.15) is 0 Å². The normalized spacial score (nSPS) is 13.9. The number of unbranched alkanes of at least 4 members (excludes halogenated alkanes) is 1. The number of rotatable bonds is 6. The Bertz CT molecular complexity index is 465. The Morgan fingerprint density at radius 2 is 2.00 bits per heavy atom. The van der Waals surface area contributed by atoms with Gasteiger partial charge in [-0.1, -0.05) is 25.8 Å². The van der Waals surface area contributed by atoms with Crippen molar-refractivity contribution in [1.29, 1.82) is 0 Å². The van der Waals surface area contributed by atoms with E-state index in [4.69, 9.17) is 5.73 Å². The Morgan fingerprint density at radius 1 is 1.35 bits per heavy atom. The summed E-state index contributed by atoms with van der Waals surface area (Å²) in [7, 11) is 1.63. The fraction of sp³-hybridized carbons (Fsp3) is 0.533. The lowest BCUT2D eigenvalue weighted by Crippen LogP contribution is -2.42. The first-order valence-electron chi connectivity index (χ1n) is 6.85. The Kier molecular flexibility index (Phi) is 6.07. The second-order valence-electron chi connectivity index (χ2n) is 5.05. The van der Waals surface area contributed by atoms with E-state index in [0.717, 1.165) is 25.0 Å². The van der Waals surface area contributed by atoms with Crippen LogP contribution in [0.1, 0.15) is 44.7 Å². The van der Waals surface area contributed by atoms with Crippen LogP contribution in [0.4, 0.5) is 8.78 Å². The summed E-state index contributed by atoms with van der Waals surface area (Å²) in [6.45, 7) is 3.79. The molecule has 1 aromatic carbocycles. The van der Waals surface area contributed by atoms with Gasteiger partial charge >= 0.3 is 0 Å². The minimum atomic E-state index is -0.912. The molecule has 0 saturated carbocycles. The van der Waals surface area contributed by atoms with E-state index in [-0.39, 0.29) is 11.9 Å². The van der Waals surface area contributed by atoms with Crippen molar-refractivity contribution in [2.45, 2.75) is 45.2 Å². The van der Waals surface area contributed by atoms with Crippen molar-refractivity contribution < 1.29 is 13.6 Å². The minimum Gasteiger partial charge on any atom is -0.338 e. The highest BCUT2D eigenvalue weighted by Crippen LogP contribution is 2.21. The lowest BCUT2D eigenvalue weighted by Gasteiger charge is -2.28. The second-order valence-corrected chi connectivity index (χ2v) is 5.05. The van der Waals surface area contributed by atoms with Gasteiger partial charge in [0.05, 0.1) is 12.1 Å². The quantitative estimate of drug-likeness (QED) is 0.873. The van der Waals surface area contributed by atoms with Gasteiger partial charge in [-0.15, -0.1) is 0 Å². The number of halogens is 2. The molecule has 0 radical (unpaired) electrons. The van der Waals surface area contributed by atoms with Crippen LogP contribution in [0.15, 0.2) is 18.2 Å². The number of nitrogens with zero attached hydrogens (tertiary/aromatic N) is 1. The van der Waals surface area contributed by atoms with E-state index >= 15 is 0 Å². The lowest BCUT2D eigenvalue weighted by molar-refractivity contribution is -0.133. The minimum absolute atomic E-state index is 0.185. The number of carbonyl (C=O) groups excluding carboxylic acids is 1. The molecule has 0 aliphatic heterocycles. The Labute approximate surface area is 118 Å². The number of amides is 1. The third kappa shape index (κ3) is 4.00. The zero-order valence-corrected chi connectivity index (χ0v) is 12.2. The van der Waals surface area contributed by atoms with Gasteiger partial charge in [0.1, 0.15) is 0 Å². The predicted octanol–water partition coefficient (Wildman–Crippen LogP) is 3.00. The highest BCUT2D eigenvalue weighted by Gasteiger charge is 2.23. The van der Waals surface area contributed by atoms with Crippen LogP contribution in [0.25, 0.3) is 0 Å². The van der Waals surface area contributed by atoms with E-state index < -0.39 is 17.7 Å². The molecule has 0 heterocycles. The first kappa shape index (κ1) is 16.6. The molecule has 0 aromatic heterocycles. The number of likely N-dealkylation sites (N-methyl/N-ethyl adjacent to an activating group) is 1. The molecule has 2 N–H and O–H groups in total. The fourth-order valence-corrected chi connectivity index (χ4v) is 2.00. The SMILES string of the molecule is CCCC[C@H](N)C(=O)N(C)C(C)c1ccc(F)c(F)c1. The first-order chi connectivity index (χ1) is 9.38. The van der Waals surface area contributed by atoms with Gasteiger partial charge < -0.3 is 10.6 Å². The highest BCUT2D eigenvalue weighted by molar-refractivity contribution is 5.81. The van der Waals surface area contributed by atoms with Crippen LogP contribution in [0.3, 0.4) is 0 Å². The second kappa shape index (κ2) is 7.33. The zero-order chi connectivity index (χ0) is 15.3. The van der Waals surface area contributed by atoms with Crippen molar-refractivity contribution in [3.8, 4) is 0 Å². The molecular formula is C15H22F2N2O. The number of carbonyl (C=O) groups is 1. The molecule has 0 aliphatic carbocycles. The third-order valence-electron chi connectivity index (χ3n) is 3.54. The van der Waals surface area contributed by atoms with E-state index in [0.29, 0.717) is 12.0 Å². The van der Waals surface area contributed by atoms with Gasteiger partial charge in [-0.3, -0.25) is 4.79 Å². The Balaban J connectivity index is 2.77. The van der Waals surface area contributed by atoms with E-state index in [1.807, 2.05) is 6.92 Å². The Hall–Kier alpha value is -1.49. The van der Waals surface area contributed by atoms with E-state index in [9.17, 15) is 13.6 Å². The van der Waals surface area contributed by atoms with Crippen molar-refractivity contribution in [2.75, 3.05) is 7.05 Å². The van der Waals surface area contributed by atoms with Crippen molar-refractivity contribution in [3.05, 3.63) is 35.4 Å². The maximum Gasteiger partial charge on any atom is 0.239 e. The summed E-state index contributed by atoms with van der Waals surface area (Å²) in [4.78, 5) is 13.6. The van der Waals surface area contributed by atoms with Gasteiger partial charge in [-0.05, 0) is 31.0 Å². The average Bonchev–Trinajstić information content (AvgIpc) is 2.45. The number of nitrogens with two attached hydrogens (primary N) is 1. The van der Waals surface area contributed by atoms with Crippen molar-refractivity contribution in [1.82, 2.24) is 4.90 Å². The van der Waals surface area contributed by atoms with Crippen LogP contribution >= 0.6 is 0 Å². The summed E-state index contributed by atoms with van der Waals surface area (Å²) in [5, 5.41) is 0. The molecule has 112 valence electrons. The smallest absolute Gasteiger partial charge is 0.239 e. The summed E-state index contributed by atoms with van der Waals surface area (Å²) < 4.78 is 26.1. The largest absolute Gasteiger partial charge is 0.338 e.